The zero-order valence-corrected chi connectivity index (χ0v) is 24.7. The third kappa shape index (κ3) is 15.1. The molecule has 10 nitrogen and oxygen atoms in total. The molecule has 1 aromatic rings. The summed E-state index contributed by atoms with van der Waals surface area (Å²) >= 11 is 0. The molecule has 0 aliphatic rings. The maximum Gasteiger partial charge on any atom is 0.508 e. The maximum absolute atomic E-state index is 12.6. The summed E-state index contributed by atoms with van der Waals surface area (Å²) in [6, 6.07) is 3.57. The molecule has 0 aromatic heterocycles. The first-order valence-corrected chi connectivity index (χ1v) is 13.2. The molecule has 1 rings (SSSR count). The highest BCUT2D eigenvalue weighted by Crippen LogP contribution is 2.32. The van der Waals surface area contributed by atoms with Crippen LogP contribution in [0.25, 0.3) is 0 Å². The number of hydrogen-bond acceptors (Lipinski definition) is 9. The predicted octanol–water partition coefficient (Wildman–Crippen LogP) is 5.15. The van der Waals surface area contributed by atoms with Crippen LogP contribution in [0.1, 0.15) is 80.7 Å². The SMILES string of the molecule is CC(C)COC(=O)OC(C)CN[C@@H](Cc1ccc(OC(=O)CC(C)(C)C)c(OC(=O)CC(C)(C)C)c1)C(=O)O. The van der Waals surface area contributed by atoms with Crippen LogP contribution >= 0.6 is 0 Å². The van der Waals surface area contributed by atoms with E-state index >= 15 is 0 Å². The number of benzene rings is 1. The Bertz CT molecular complexity index is 989. The fourth-order valence-electron chi connectivity index (χ4n) is 3.29. The van der Waals surface area contributed by atoms with Crippen molar-refractivity contribution in [2.24, 2.45) is 16.7 Å². The molecular formula is C29H45NO9. The average molecular weight is 552 g/mol. The minimum atomic E-state index is -1.11. The van der Waals surface area contributed by atoms with E-state index in [1.165, 1.54) is 12.1 Å². The second-order valence-electron chi connectivity index (χ2n) is 12.6. The van der Waals surface area contributed by atoms with Crippen LogP contribution in [0.15, 0.2) is 18.2 Å². The Morgan fingerprint density at radius 1 is 0.872 bits per heavy atom. The Balaban J connectivity index is 3.02. The standard InChI is InChI=1S/C29H45NO9/c1-18(2)17-36-27(35)37-19(3)16-30-21(26(33)34)12-20-10-11-22(38-24(31)14-28(4,5)6)23(13-20)39-25(32)15-29(7,8)9/h10-11,13,18-19,21,30H,12,14-17H2,1-9H3,(H,33,34)/t19?,21-/m0/s1. The van der Waals surface area contributed by atoms with Gasteiger partial charge in [-0.3, -0.25) is 14.4 Å². The number of carboxylic acid groups (broad SMARTS) is 1. The highest BCUT2D eigenvalue weighted by molar-refractivity contribution is 5.77. The van der Waals surface area contributed by atoms with Gasteiger partial charge in [0, 0.05) is 6.54 Å². The van der Waals surface area contributed by atoms with E-state index in [-0.39, 0.29) is 60.7 Å². The molecular weight excluding hydrogens is 506 g/mol. The van der Waals surface area contributed by atoms with Crippen molar-refractivity contribution in [2.75, 3.05) is 13.2 Å². The Labute approximate surface area is 231 Å². The van der Waals surface area contributed by atoms with Crippen molar-refractivity contribution in [3.8, 4) is 11.5 Å². The van der Waals surface area contributed by atoms with E-state index in [0.717, 1.165) is 0 Å². The Hall–Kier alpha value is -3.14. The molecule has 0 heterocycles. The summed E-state index contributed by atoms with van der Waals surface area (Å²) in [4.78, 5) is 48.7. The average Bonchev–Trinajstić information content (AvgIpc) is 2.74. The molecule has 0 saturated heterocycles. The molecule has 39 heavy (non-hydrogen) atoms. The number of ether oxygens (including phenoxy) is 4. The van der Waals surface area contributed by atoms with Gasteiger partial charge in [0.15, 0.2) is 11.5 Å². The van der Waals surface area contributed by atoms with Crippen molar-refractivity contribution in [1.29, 1.82) is 0 Å². The third-order valence-electron chi connectivity index (χ3n) is 5.03. The van der Waals surface area contributed by atoms with Gasteiger partial charge in [-0.1, -0.05) is 61.5 Å². The molecule has 2 atom stereocenters. The topological polar surface area (TPSA) is 137 Å². The van der Waals surface area contributed by atoms with Gasteiger partial charge in [0.25, 0.3) is 0 Å². The molecule has 0 radical (unpaired) electrons. The molecule has 220 valence electrons. The van der Waals surface area contributed by atoms with Gasteiger partial charge < -0.3 is 29.4 Å². The van der Waals surface area contributed by atoms with E-state index in [1.54, 1.807) is 13.0 Å². The summed E-state index contributed by atoms with van der Waals surface area (Å²) in [5.41, 5.74) is -0.0864. The zero-order chi connectivity index (χ0) is 30.0. The summed E-state index contributed by atoms with van der Waals surface area (Å²) in [5.74, 6) is -1.81. The van der Waals surface area contributed by atoms with Crippen LogP contribution < -0.4 is 14.8 Å². The molecule has 1 aromatic carbocycles. The number of carbonyl (C=O) groups excluding carboxylic acids is 3. The van der Waals surface area contributed by atoms with Crippen LogP contribution in [-0.2, 0) is 30.3 Å². The summed E-state index contributed by atoms with van der Waals surface area (Å²) < 4.78 is 21.2. The van der Waals surface area contributed by atoms with Gasteiger partial charge >= 0.3 is 24.1 Å². The van der Waals surface area contributed by atoms with E-state index in [2.05, 4.69) is 5.32 Å². The zero-order valence-electron chi connectivity index (χ0n) is 24.7. The lowest BCUT2D eigenvalue weighted by atomic mass is 9.92. The van der Waals surface area contributed by atoms with Crippen LogP contribution in [0.5, 0.6) is 11.5 Å². The Morgan fingerprint density at radius 2 is 1.41 bits per heavy atom. The van der Waals surface area contributed by atoms with Gasteiger partial charge in [0.2, 0.25) is 0 Å². The Morgan fingerprint density at radius 3 is 1.90 bits per heavy atom. The van der Waals surface area contributed by atoms with Gasteiger partial charge in [-0.2, -0.15) is 0 Å². The summed E-state index contributed by atoms with van der Waals surface area (Å²) in [7, 11) is 0. The fraction of sp³-hybridized carbons (Fsp3) is 0.655. The predicted molar refractivity (Wildman–Crippen MR) is 146 cm³/mol. The fourth-order valence-corrected chi connectivity index (χ4v) is 3.29. The molecule has 0 saturated carbocycles. The van der Waals surface area contributed by atoms with Crippen molar-refractivity contribution in [2.45, 2.75) is 93.7 Å². The first-order chi connectivity index (χ1) is 17.8. The smallest absolute Gasteiger partial charge is 0.480 e. The van der Waals surface area contributed by atoms with Crippen LogP contribution in [0.2, 0.25) is 0 Å². The van der Waals surface area contributed by atoms with Crippen LogP contribution in [0.3, 0.4) is 0 Å². The second kappa shape index (κ2) is 14.9. The van der Waals surface area contributed by atoms with Crippen molar-refractivity contribution < 1.29 is 43.2 Å². The summed E-state index contributed by atoms with van der Waals surface area (Å²) in [6.45, 7) is 17.1. The highest BCUT2D eigenvalue weighted by atomic mass is 16.7. The van der Waals surface area contributed by atoms with E-state index in [9.17, 15) is 24.3 Å². The number of carboxylic acids is 1. The first kappa shape index (κ1) is 33.9. The van der Waals surface area contributed by atoms with E-state index < -0.39 is 36.2 Å². The monoisotopic (exact) mass is 551 g/mol. The normalized spacial score (nSPS) is 13.4. The van der Waals surface area contributed by atoms with Gasteiger partial charge in [-0.05, 0) is 47.8 Å². The highest BCUT2D eigenvalue weighted by Gasteiger charge is 2.24. The van der Waals surface area contributed by atoms with Gasteiger partial charge in [0.1, 0.15) is 12.1 Å². The number of aliphatic carboxylic acids is 1. The maximum atomic E-state index is 12.6. The molecule has 10 heteroatoms. The molecule has 0 fully saturated rings. The van der Waals surface area contributed by atoms with Crippen LogP contribution in [0.4, 0.5) is 4.79 Å². The summed E-state index contributed by atoms with van der Waals surface area (Å²) in [5, 5.41) is 12.6. The number of rotatable bonds is 13. The quantitative estimate of drug-likeness (QED) is 0.250. The van der Waals surface area contributed by atoms with Crippen molar-refractivity contribution in [1.82, 2.24) is 5.32 Å². The molecule has 0 aliphatic heterocycles. The van der Waals surface area contributed by atoms with Crippen LogP contribution in [-0.4, -0.2) is 54.5 Å². The lowest BCUT2D eigenvalue weighted by Gasteiger charge is -2.21. The van der Waals surface area contributed by atoms with Crippen molar-refractivity contribution in [3.63, 3.8) is 0 Å². The van der Waals surface area contributed by atoms with E-state index in [0.29, 0.717) is 5.56 Å². The molecule has 0 spiro atoms. The van der Waals surface area contributed by atoms with Crippen molar-refractivity contribution in [3.05, 3.63) is 23.8 Å². The van der Waals surface area contributed by atoms with Crippen molar-refractivity contribution >= 4 is 24.1 Å². The lowest BCUT2D eigenvalue weighted by Crippen LogP contribution is -2.42. The number of hydrogen-bond donors (Lipinski definition) is 2. The van der Waals surface area contributed by atoms with Gasteiger partial charge in [-0.15, -0.1) is 0 Å². The first-order valence-electron chi connectivity index (χ1n) is 13.2. The summed E-state index contributed by atoms with van der Waals surface area (Å²) in [6.07, 6.45) is -1.14. The largest absolute Gasteiger partial charge is 0.508 e. The molecule has 0 aliphatic carbocycles. The lowest BCUT2D eigenvalue weighted by molar-refractivity contribution is -0.139. The molecule has 0 amide bonds. The second-order valence-corrected chi connectivity index (χ2v) is 12.6. The van der Waals surface area contributed by atoms with Gasteiger partial charge in [-0.25, -0.2) is 4.79 Å². The molecule has 2 N–H and O–H groups in total. The molecule has 1 unspecified atom stereocenters. The van der Waals surface area contributed by atoms with E-state index in [1.807, 2.05) is 55.4 Å². The minimum Gasteiger partial charge on any atom is -0.480 e. The molecule has 0 bridgehead atoms. The number of esters is 2. The Kier molecular flexibility index (Phi) is 12.9. The minimum absolute atomic E-state index is 0.0277. The van der Waals surface area contributed by atoms with Crippen LogP contribution in [0, 0.1) is 16.7 Å². The number of carbonyl (C=O) groups is 4. The van der Waals surface area contributed by atoms with Gasteiger partial charge in [0.05, 0.1) is 19.4 Å². The van der Waals surface area contributed by atoms with E-state index in [4.69, 9.17) is 18.9 Å². The third-order valence-corrected chi connectivity index (χ3v) is 5.03. The number of nitrogens with one attached hydrogen (secondary N) is 1.